The van der Waals surface area contributed by atoms with E-state index in [1.807, 2.05) is 50.5 Å². The van der Waals surface area contributed by atoms with E-state index in [0.717, 1.165) is 17.1 Å². The monoisotopic (exact) mass is 332 g/mol. The van der Waals surface area contributed by atoms with Crippen LogP contribution in [0.3, 0.4) is 0 Å². The first-order valence-corrected chi connectivity index (χ1v) is 8.69. The molecule has 0 bridgehead atoms. The zero-order valence-electron chi connectivity index (χ0n) is 13.9. The minimum Gasteiger partial charge on any atom is -0.362 e. The predicted octanol–water partition coefficient (Wildman–Crippen LogP) is 5.48. The summed E-state index contributed by atoms with van der Waals surface area (Å²) in [5, 5.41) is 0. The Bertz CT molecular complexity index is 812. The minimum absolute atomic E-state index is 0.959. The average Bonchev–Trinajstić information content (AvgIpc) is 2.62. The summed E-state index contributed by atoms with van der Waals surface area (Å²) in [7, 11) is 4.07. The number of para-hydroxylation sites is 1. The van der Waals surface area contributed by atoms with Crippen molar-refractivity contribution in [2.75, 3.05) is 14.1 Å². The fourth-order valence-electron chi connectivity index (χ4n) is 2.38. The minimum atomic E-state index is 0.959. The normalized spacial score (nSPS) is 11.3. The largest absolute Gasteiger partial charge is 0.362 e. The van der Waals surface area contributed by atoms with Crippen LogP contribution in [0.4, 0.5) is 5.69 Å². The van der Waals surface area contributed by atoms with Gasteiger partial charge in [-0.25, -0.2) is 4.99 Å². The van der Waals surface area contributed by atoms with Gasteiger partial charge in [0, 0.05) is 29.4 Å². The average molecular weight is 332 g/mol. The van der Waals surface area contributed by atoms with Gasteiger partial charge in [0.15, 0.2) is 0 Å². The summed E-state index contributed by atoms with van der Waals surface area (Å²) in [5.74, 6) is 0.959. The third kappa shape index (κ3) is 4.06. The third-order valence-electron chi connectivity index (χ3n) is 3.51. The van der Waals surface area contributed by atoms with Crippen LogP contribution in [0, 0.1) is 0 Å². The predicted molar refractivity (Wildman–Crippen MR) is 103 cm³/mol. The second-order valence-corrected chi connectivity index (χ2v) is 6.69. The van der Waals surface area contributed by atoms with Gasteiger partial charge in [0.05, 0.1) is 5.69 Å². The van der Waals surface area contributed by atoms with Crippen molar-refractivity contribution in [3.8, 4) is 0 Å². The molecule has 0 aliphatic carbocycles. The van der Waals surface area contributed by atoms with E-state index in [2.05, 4.69) is 53.4 Å². The van der Waals surface area contributed by atoms with Crippen molar-refractivity contribution in [2.45, 2.75) is 9.79 Å². The van der Waals surface area contributed by atoms with E-state index in [0.29, 0.717) is 0 Å². The smallest absolute Gasteiger partial charge is 0.137 e. The summed E-state index contributed by atoms with van der Waals surface area (Å²) in [5.41, 5.74) is 2.10. The molecule has 0 saturated heterocycles. The van der Waals surface area contributed by atoms with Gasteiger partial charge in [-0.15, -0.1) is 0 Å². The number of aliphatic imine (C=N–C) groups is 1. The fraction of sp³-hybridized carbons (Fsp3) is 0.0952. The van der Waals surface area contributed by atoms with E-state index in [4.69, 9.17) is 4.99 Å². The van der Waals surface area contributed by atoms with E-state index in [-0.39, 0.29) is 0 Å². The first-order chi connectivity index (χ1) is 11.7. The molecular formula is C21H20N2S. The highest BCUT2D eigenvalue weighted by molar-refractivity contribution is 7.99. The van der Waals surface area contributed by atoms with Gasteiger partial charge in [0.25, 0.3) is 0 Å². The van der Waals surface area contributed by atoms with Crippen LogP contribution >= 0.6 is 11.8 Å². The van der Waals surface area contributed by atoms with E-state index >= 15 is 0 Å². The van der Waals surface area contributed by atoms with Gasteiger partial charge in [-0.1, -0.05) is 66.4 Å². The van der Waals surface area contributed by atoms with Crippen molar-refractivity contribution in [3.63, 3.8) is 0 Å². The first-order valence-electron chi connectivity index (χ1n) is 7.87. The van der Waals surface area contributed by atoms with Gasteiger partial charge in [-0.2, -0.15) is 0 Å². The van der Waals surface area contributed by atoms with Crippen LogP contribution in [0.1, 0.15) is 5.56 Å². The number of benzene rings is 3. The van der Waals surface area contributed by atoms with Gasteiger partial charge in [-0.3, -0.25) is 0 Å². The van der Waals surface area contributed by atoms with Gasteiger partial charge >= 0.3 is 0 Å². The van der Waals surface area contributed by atoms with E-state index in [9.17, 15) is 0 Å². The lowest BCUT2D eigenvalue weighted by Crippen LogP contribution is -2.23. The van der Waals surface area contributed by atoms with Crippen molar-refractivity contribution in [1.82, 2.24) is 4.90 Å². The maximum absolute atomic E-state index is 4.86. The Balaban J connectivity index is 2.01. The van der Waals surface area contributed by atoms with Crippen LogP contribution in [0.25, 0.3) is 0 Å². The topological polar surface area (TPSA) is 15.6 Å². The van der Waals surface area contributed by atoms with Crippen LogP contribution in [0.15, 0.2) is 99.7 Å². The number of hydrogen-bond donors (Lipinski definition) is 0. The molecule has 0 amide bonds. The zero-order valence-corrected chi connectivity index (χ0v) is 14.7. The maximum Gasteiger partial charge on any atom is 0.137 e. The summed E-state index contributed by atoms with van der Waals surface area (Å²) in [6.45, 7) is 0. The molecule has 3 aromatic carbocycles. The standard InChI is InChI=1S/C21H20N2S/c1-23(2)21(22-17-11-5-3-6-12-17)19-15-9-10-16-20(19)24-18-13-7-4-8-14-18/h3-16H,1-2H3. The van der Waals surface area contributed by atoms with Crippen molar-refractivity contribution in [3.05, 3.63) is 90.5 Å². The highest BCUT2D eigenvalue weighted by Gasteiger charge is 2.12. The molecule has 0 radical (unpaired) electrons. The summed E-state index contributed by atoms with van der Waals surface area (Å²) >= 11 is 1.76. The summed E-state index contributed by atoms with van der Waals surface area (Å²) < 4.78 is 0. The number of amidine groups is 1. The number of nitrogens with zero attached hydrogens (tertiary/aromatic N) is 2. The molecule has 3 heteroatoms. The quantitative estimate of drug-likeness (QED) is 0.464. The molecule has 0 unspecified atom stereocenters. The lowest BCUT2D eigenvalue weighted by molar-refractivity contribution is 0.622. The Morgan fingerprint density at radius 1 is 0.750 bits per heavy atom. The maximum atomic E-state index is 4.86. The zero-order chi connectivity index (χ0) is 16.8. The first kappa shape index (κ1) is 16.3. The Hall–Kier alpha value is -2.52. The van der Waals surface area contributed by atoms with Gasteiger partial charge in [0.2, 0.25) is 0 Å². The van der Waals surface area contributed by atoms with E-state index in [1.165, 1.54) is 9.79 Å². The molecule has 120 valence electrons. The van der Waals surface area contributed by atoms with Crippen LogP contribution < -0.4 is 0 Å². The molecule has 24 heavy (non-hydrogen) atoms. The highest BCUT2D eigenvalue weighted by Crippen LogP contribution is 2.31. The molecule has 0 fully saturated rings. The Morgan fingerprint density at radius 2 is 1.33 bits per heavy atom. The van der Waals surface area contributed by atoms with Crippen LogP contribution in [-0.4, -0.2) is 24.8 Å². The van der Waals surface area contributed by atoms with E-state index in [1.54, 1.807) is 11.8 Å². The molecule has 2 nitrogen and oxygen atoms in total. The Morgan fingerprint density at radius 3 is 2.00 bits per heavy atom. The molecule has 0 spiro atoms. The molecule has 0 heterocycles. The molecule has 0 N–H and O–H groups in total. The molecule has 3 rings (SSSR count). The van der Waals surface area contributed by atoms with Crippen molar-refractivity contribution < 1.29 is 0 Å². The lowest BCUT2D eigenvalue weighted by Gasteiger charge is -2.19. The summed E-state index contributed by atoms with van der Waals surface area (Å²) in [6, 6.07) is 28.9. The molecule has 3 aromatic rings. The highest BCUT2D eigenvalue weighted by atomic mass is 32.2. The van der Waals surface area contributed by atoms with Gasteiger partial charge < -0.3 is 4.90 Å². The van der Waals surface area contributed by atoms with Crippen LogP contribution in [0.5, 0.6) is 0 Å². The fourth-order valence-corrected chi connectivity index (χ4v) is 3.34. The summed E-state index contributed by atoms with van der Waals surface area (Å²) in [6.07, 6.45) is 0. The second-order valence-electron chi connectivity index (χ2n) is 5.58. The van der Waals surface area contributed by atoms with Crippen LogP contribution in [-0.2, 0) is 0 Å². The van der Waals surface area contributed by atoms with Crippen molar-refractivity contribution in [2.24, 2.45) is 4.99 Å². The third-order valence-corrected chi connectivity index (χ3v) is 4.60. The van der Waals surface area contributed by atoms with Crippen molar-refractivity contribution in [1.29, 1.82) is 0 Å². The van der Waals surface area contributed by atoms with Crippen molar-refractivity contribution >= 4 is 23.3 Å². The Labute approximate surface area is 147 Å². The molecule has 0 atom stereocenters. The molecule has 0 aliphatic heterocycles. The molecular weight excluding hydrogens is 312 g/mol. The SMILES string of the molecule is CN(C)C(=Nc1ccccc1)c1ccccc1Sc1ccccc1. The summed E-state index contributed by atoms with van der Waals surface area (Å²) in [4.78, 5) is 9.35. The van der Waals surface area contributed by atoms with Crippen LogP contribution in [0.2, 0.25) is 0 Å². The van der Waals surface area contributed by atoms with Gasteiger partial charge in [0.1, 0.15) is 5.84 Å². The number of hydrogen-bond acceptors (Lipinski definition) is 2. The second kappa shape index (κ2) is 7.84. The van der Waals surface area contributed by atoms with Gasteiger partial charge in [-0.05, 0) is 30.3 Å². The lowest BCUT2D eigenvalue weighted by atomic mass is 10.2. The molecule has 0 saturated carbocycles. The van der Waals surface area contributed by atoms with E-state index < -0.39 is 0 Å². The Kier molecular flexibility index (Phi) is 5.34. The molecule has 0 aliphatic rings. The number of rotatable bonds is 4. The molecule has 0 aromatic heterocycles.